The largest absolute Gasteiger partial charge is 0.414 e. The molecule has 5 nitrogen and oxygen atoms in total. The van der Waals surface area contributed by atoms with Gasteiger partial charge in [-0.3, -0.25) is 9.59 Å². The fourth-order valence-electron chi connectivity index (χ4n) is 4.29. The molecule has 0 aliphatic carbocycles. The molecule has 2 heterocycles. The van der Waals surface area contributed by atoms with E-state index in [0.29, 0.717) is 19.6 Å². The summed E-state index contributed by atoms with van der Waals surface area (Å²) in [5, 5.41) is -0.212. The van der Waals surface area contributed by atoms with Crippen molar-refractivity contribution in [3.8, 4) is 0 Å². The number of carbonyl (C=O) groups excluding carboxylic acids is 2. The van der Waals surface area contributed by atoms with Gasteiger partial charge in [0.25, 0.3) is 5.91 Å². The molecule has 0 saturated carbocycles. The molecular weight excluding hydrogens is 462 g/mol. The van der Waals surface area contributed by atoms with Crippen molar-refractivity contribution in [3.05, 3.63) is 66.2 Å². The van der Waals surface area contributed by atoms with Crippen LogP contribution in [0.15, 0.2) is 65.6 Å². The molecule has 2 aromatic carbocycles. The summed E-state index contributed by atoms with van der Waals surface area (Å²) in [4.78, 5) is 29.9. The maximum atomic E-state index is 13.8. The number of ether oxygens (including phenoxy) is 1. The highest BCUT2D eigenvalue weighted by Crippen LogP contribution is 2.47. The number of thioether (sulfide) groups is 1. The number of nitrogens with zero attached hydrogens (tertiary/aromatic N) is 1. The van der Waals surface area contributed by atoms with Crippen molar-refractivity contribution in [2.75, 3.05) is 13.2 Å². The van der Waals surface area contributed by atoms with Crippen LogP contribution in [0.1, 0.15) is 32.8 Å². The minimum absolute atomic E-state index is 0.0764. The summed E-state index contributed by atoms with van der Waals surface area (Å²) in [5.41, 5.74) is -0.444. The van der Waals surface area contributed by atoms with Gasteiger partial charge in [-0.05, 0) is 42.2 Å². The molecule has 182 valence electrons. The highest BCUT2D eigenvalue weighted by atomic mass is 32.2. The van der Waals surface area contributed by atoms with Gasteiger partial charge in [-0.2, -0.15) is 0 Å². The minimum Gasteiger partial charge on any atom is -0.414 e. The average molecular weight is 498 g/mol. The molecular formula is C27H35NO4SSi. The summed E-state index contributed by atoms with van der Waals surface area (Å²) in [5.74, 6) is -0.360. The van der Waals surface area contributed by atoms with Crippen molar-refractivity contribution in [2.24, 2.45) is 0 Å². The average Bonchev–Trinajstić information content (AvgIpc) is 3.27. The summed E-state index contributed by atoms with van der Waals surface area (Å²) >= 11 is 1.57. The predicted octanol–water partition coefficient (Wildman–Crippen LogP) is 5.31. The lowest BCUT2D eigenvalue weighted by atomic mass is 9.96. The fraction of sp³-hybridized carbons (Fsp3) is 0.481. The van der Waals surface area contributed by atoms with Crippen LogP contribution in [-0.4, -0.2) is 55.0 Å². The maximum absolute atomic E-state index is 13.8. The van der Waals surface area contributed by atoms with E-state index in [4.69, 9.17) is 9.16 Å². The van der Waals surface area contributed by atoms with Gasteiger partial charge in [0, 0.05) is 11.4 Å². The number of benzene rings is 2. The topological polar surface area (TPSA) is 55.8 Å². The van der Waals surface area contributed by atoms with Crippen LogP contribution in [0.4, 0.5) is 0 Å². The molecule has 2 aromatic rings. The van der Waals surface area contributed by atoms with E-state index in [2.05, 4.69) is 33.9 Å². The molecule has 2 fully saturated rings. The molecule has 0 unspecified atom stereocenters. The molecule has 1 spiro atoms. The van der Waals surface area contributed by atoms with Gasteiger partial charge in [-0.25, -0.2) is 0 Å². The molecule has 2 saturated heterocycles. The molecule has 0 bridgehead atoms. The fourth-order valence-corrected chi connectivity index (χ4v) is 6.73. The van der Waals surface area contributed by atoms with Crippen molar-refractivity contribution in [3.63, 3.8) is 0 Å². The van der Waals surface area contributed by atoms with Crippen LogP contribution in [-0.2, 0) is 25.3 Å². The number of carbonyl (C=O) groups is 2. The lowest BCUT2D eigenvalue weighted by molar-refractivity contribution is -0.154. The third kappa shape index (κ3) is 4.89. The molecule has 4 rings (SSSR count). The van der Waals surface area contributed by atoms with E-state index in [-0.39, 0.29) is 34.6 Å². The molecule has 0 radical (unpaired) electrons. The Labute approximate surface area is 208 Å². The molecule has 1 amide bonds. The minimum atomic E-state index is -1.99. The van der Waals surface area contributed by atoms with Gasteiger partial charge in [-0.15, -0.1) is 11.8 Å². The monoisotopic (exact) mass is 497 g/mol. The van der Waals surface area contributed by atoms with Crippen molar-refractivity contribution in [2.45, 2.75) is 73.7 Å². The highest BCUT2D eigenvalue weighted by Gasteiger charge is 2.64. The van der Waals surface area contributed by atoms with Crippen LogP contribution < -0.4 is 0 Å². The van der Waals surface area contributed by atoms with Gasteiger partial charge in [-0.1, -0.05) is 69.3 Å². The summed E-state index contributed by atoms with van der Waals surface area (Å²) in [6.07, 6.45) is 0.310. The molecule has 34 heavy (non-hydrogen) atoms. The SMILES string of the molecule is CC(C)(C)[Si](C)(C)OC[C@H]1C[C@H](Sc2ccccc2)[C@]2(O1)C(=O)CN(Cc1ccccc1)C2=O. The Morgan fingerprint density at radius 2 is 1.68 bits per heavy atom. The second-order valence-electron chi connectivity index (χ2n) is 10.8. The molecule has 2 aliphatic rings. The van der Waals surface area contributed by atoms with Crippen LogP contribution in [0.3, 0.4) is 0 Å². The molecule has 2 aliphatic heterocycles. The zero-order valence-corrected chi connectivity index (χ0v) is 22.6. The Bertz CT molecular complexity index is 1020. The van der Waals surface area contributed by atoms with E-state index >= 15 is 0 Å². The van der Waals surface area contributed by atoms with Gasteiger partial charge in [0.2, 0.25) is 5.60 Å². The summed E-state index contributed by atoms with van der Waals surface area (Å²) in [6, 6.07) is 19.7. The molecule has 3 atom stereocenters. The third-order valence-corrected chi connectivity index (χ3v) is 13.2. The van der Waals surface area contributed by atoms with E-state index in [1.807, 2.05) is 60.7 Å². The zero-order valence-electron chi connectivity index (χ0n) is 20.7. The Morgan fingerprint density at radius 3 is 2.29 bits per heavy atom. The van der Waals surface area contributed by atoms with Crippen molar-refractivity contribution in [1.29, 1.82) is 0 Å². The van der Waals surface area contributed by atoms with Crippen LogP contribution in [0.25, 0.3) is 0 Å². The van der Waals surface area contributed by atoms with Gasteiger partial charge in [0.05, 0.1) is 24.5 Å². The van der Waals surface area contributed by atoms with E-state index in [1.54, 1.807) is 16.7 Å². The van der Waals surface area contributed by atoms with E-state index in [0.717, 1.165) is 10.5 Å². The first-order valence-electron chi connectivity index (χ1n) is 11.9. The number of ketones is 1. The van der Waals surface area contributed by atoms with Crippen molar-refractivity contribution < 1.29 is 18.8 Å². The van der Waals surface area contributed by atoms with Gasteiger partial charge in [0.15, 0.2) is 14.1 Å². The zero-order chi connectivity index (χ0) is 24.6. The molecule has 7 heteroatoms. The van der Waals surface area contributed by atoms with Gasteiger partial charge in [0.1, 0.15) is 0 Å². The lowest BCUT2D eigenvalue weighted by Gasteiger charge is -2.37. The standard InChI is InChI=1S/C27H35NO4SSi/c1-26(2,3)34(4,5)31-19-21-16-24(33-22-14-10-7-11-15-22)27(32-21)23(29)18-28(25(27)30)17-20-12-8-6-9-13-20/h6-15,21,24H,16-19H2,1-5H3/t21-,24+,27-/m1/s1. The first-order chi connectivity index (χ1) is 16.0. The van der Waals surface area contributed by atoms with Crippen LogP contribution >= 0.6 is 11.8 Å². The highest BCUT2D eigenvalue weighted by molar-refractivity contribution is 8.00. The first-order valence-corrected chi connectivity index (χ1v) is 15.7. The summed E-state index contributed by atoms with van der Waals surface area (Å²) in [6.45, 7) is 11.9. The predicted molar refractivity (Wildman–Crippen MR) is 138 cm³/mol. The van der Waals surface area contributed by atoms with Gasteiger partial charge < -0.3 is 14.1 Å². The number of Topliss-reactive ketones (excluding diaryl/α,β-unsaturated/α-hetero) is 1. The van der Waals surface area contributed by atoms with Crippen LogP contribution in [0.5, 0.6) is 0 Å². The van der Waals surface area contributed by atoms with E-state index in [9.17, 15) is 9.59 Å². The number of likely N-dealkylation sites (tertiary alicyclic amines) is 1. The van der Waals surface area contributed by atoms with E-state index < -0.39 is 13.9 Å². The third-order valence-electron chi connectivity index (χ3n) is 7.31. The van der Waals surface area contributed by atoms with Crippen LogP contribution in [0.2, 0.25) is 18.1 Å². The Morgan fingerprint density at radius 1 is 1.06 bits per heavy atom. The van der Waals surface area contributed by atoms with Crippen molar-refractivity contribution >= 4 is 31.8 Å². The number of amides is 1. The first kappa shape index (κ1) is 25.2. The second-order valence-corrected chi connectivity index (χ2v) is 16.9. The summed E-state index contributed by atoms with van der Waals surface area (Å²) in [7, 11) is -1.99. The number of rotatable bonds is 7. The lowest BCUT2D eigenvalue weighted by Crippen LogP contribution is -2.50. The maximum Gasteiger partial charge on any atom is 0.264 e. The molecule has 0 N–H and O–H groups in total. The van der Waals surface area contributed by atoms with E-state index in [1.165, 1.54) is 0 Å². The smallest absolute Gasteiger partial charge is 0.264 e. The molecule has 0 aromatic heterocycles. The summed E-state index contributed by atoms with van der Waals surface area (Å²) < 4.78 is 12.9. The van der Waals surface area contributed by atoms with Crippen LogP contribution in [0, 0.1) is 0 Å². The number of hydrogen-bond donors (Lipinski definition) is 0. The Hall–Kier alpha value is -1.93. The second kappa shape index (κ2) is 9.61. The Balaban J connectivity index is 1.58. The van der Waals surface area contributed by atoms with Gasteiger partial charge >= 0.3 is 0 Å². The number of hydrogen-bond acceptors (Lipinski definition) is 5. The van der Waals surface area contributed by atoms with Crippen molar-refractivity contribution in [1.82, 2.24) is 4.90 Å². The quantitative estimate of drug-likeness (QED) is 0.383. The normalized spacial score (nSPS) is 25.5. The Kier molecular flexibility index (Phi) is 7.11.